The molecule has 3 nitrogen and oxygen atoms in total. The Hall–Kier alpha value is -0.350. The molecule has 1 aromatic rings. The summed E-state index contributed by atoms with van der Waals surface area (Å²) >= 11 is 3.39. The summed E-state index contributed by atoms with van der Waals surface area (Å²) in [6.07, 6.45) is 1.01. The molecule has 0 aliphatic rings. The molecule has 80 valence electrons. The highest BCUT2D eigenvalue weighted by Gasteiger charge is 2.04. The van der Waals surface area contributed by atoms with Gasteiger partial charge in [0.05, 0.1) is 11.4 Å². The second-order valence-corrected chi connectivity index (χ2v) is 3.96. The maximum absolute atomic E-state index is 4.49. The lowest BCUT2D eigenvalue weighted by Gasteiger charge is -2.04. The van der Waals surface area contributed by atoms with Crippen LogP contribution in [0.15, 0.2) is 6.07 Å². The molecule has 4 heteroatoms. The number of aromatic nitrogens is 2. The molecule has 1 rings (SSSR count). The quantitative estimate of drug-likeness (QED) is 0.626. The van der Waals surface area contributed by atoms with Crippen LogP contribution in [0.25, 0.3) is 0 Å². The first-order chi connectivity index (χ1) is 6.81. The number of nitrogens with one attached hydrogen (secondary N) is 1. The zero-order valence-electron chi connectivity index (χ0n) is 8.89. The lowest BCUT2D eigenvalue weighted by molar-refractivity contribution is 0.586. The number of alkyl halides is 1. The average molecular weight is 260 g/mol. The molecule has 0 aliphatic carbocycles. The van der Waals surface area contributed by atoms with E-state index >= 15 is 0 Å². The topological polar surface area (TPSA) is 29.9 Å². The Labute approximate surface area is 94.0 Å². The van der Waals surface area contributed by atoms with E-state index in [4.69, 9.17) is 0 Å². The van der Waals surface area contributed by atoms with Gasteiger partial charge in [-0.25, -0.2) is 0 Å². The highest BCUT2D eigenvalue weighted by molar-refractivity contribution is 9.09. The van der Waals surface area contributed by atoms with Crippen LogP contribution in [0.3, 0.4) is 0 Å². The molecule has 0 amide bonds. The first-order valence-corrected chi connectivity index (χ1v) is 6.26. The summed E-state index contributed by atoms with van der Waals surface area (Å²) in [7, 11) is 0. The van der Waals surface area contributed by atoms with Gasteiger partial charge in [0.2, 0.25) is 0 Å². The van der Waals surface area contributed by atoms with Crippen molar-refractivity contribution in [2.24, 2.45) is 0 Å². The van der Waals surface area contributed by atoms with E-state index in [-0.39, 0.29) is 0 Å². The van der Waals surface area contributed by atoms with Crippen molar-refractivity contribution in [2.75, 3.05) is 11.9 Å². The molecule has 0 radical (unpaired) electrons. The molecule has 1 heterocycles. The number of halogens is 1. The second-order valence-electron chi connectivity index (χ2n) is 3.16. The van der Waals surface area contributed by atoms with Crippen LogP contribution in [0.2, 0.25) is 0 Å². The number of aryl methyl sites for hydroxylation is 2. The fraction of sp³-hybridized carbons (Fsp3) is 0.700. The van der Waals surface area contributed by atoms with Crippen LogP contribution in [0.5, 0.6) is 0 Å². The lowest BCUT2D eigenvalue weighted by Crippen LogP contribution is -2.18. The summed E-state index contributed by atoms with van der Waals surface area (Å²) in [5.74, 6) is 0. The Bertz CT molecular complexity index is 270. The molecular weight excluding hydrogens is 242 g/mol. The Balaban J connectivity index is 2.59. The molecule has 14 heavy (non-hydrogen) atoms. The van der Waals surface area contributed by atoms with Crippen molar-refractivity contribution < 1.29 is 0 Å². The van der Waals surface area contributed by atoms with Crippen molar-refractivity contribution in [3.8, 4) is 0 Å². The predicted molar refractivity (Wildman–Crippen MR) is 62.8 cm³/mol. The summed E-state index contributed by atoms with van der Waals surface area (Å²) in [4.78, 5) is 0. The number of nitrogens with zero attached hydrogens (tertiary/aromatic N) is 2. The van der Waals surface area contributed by atoms with E-state index < -0.39 is 0 Å². The number of hydrogen-bond acceptors (Lipinski definition) is 2. The Morgan fingerprint density at radius 1 is 1.50 bits per heavy atom. The number of rotatable bonds is 6. The van der Waals surface area contributed by atoms with Gasteiger partial charge in [0.25, 0.3) is 0 Å². The van der Waals surface area contributed by atoms with Gasteiger partial charge < -0.3 is 5.32 Å². The molecule has 0 aromatic carbocycles. The largest absolute Gasteiger partial charge is 0.310 e. The average Bonchev–Trinajstić information content (AvgIpc) is 2.61. The third kappa shape index (κ3) is 3.10. The van der Waals surface area contributed by atoms with Gasteiger partial charge in [0.1, 0.15) is 0 Å². The summed E-state index contributed by atoms with van der Waals surface area (Å²) in [5, 5.41) is 8.84. The van der Waals surface area contributed by atoms with Crippen LogP contribution < -0.4 is 5.32 Å². The third-order valence-electron chi connectivity index (χ3n) is 2.15. The molecule has 0 saturated carbocycles. The van der Waals surface area contributed by atoms with Crippen LogP contribution >= 0.6 is 15.9 Å². The fourth-order valence-corrected chi connectivity index (χ4v) is 1.67. The molecule has 0 bridgehead atoms. The van der Waals surface area contributed by atoms with Gasteiger partial charge in [0, 0.05) is 25.0 Å². The van der Waals surface area contributed by atoms with Crippen molar-refractivity contribution in [1.82, 2.24) is 15.1 Å². The monoisotopic (exact) mass is 259 g/mol. The van der Waals surface area contributed by atoms with E-state index in [1.165, 1.54) is 11.4 Å². The fourth-order valence-electron chi connectivity index (χ4n) is 1.39. The zero-order chi connectivity index (χ0) is 10.4. The smallest absolute Gasteiger partial charge is 0.0625 e. The van der Waals surface area contributed by atoms with Crippen LogP contribution in [0.1, 0.15) is 25.2 Å². The van der Waals surface area contributed by atoms with E-state index in [0.29, 0.717) is 0 Å². The summed E-state index contributed by atoms with van der Waals surface area (Å²) in [5.41, 5.74) is 2.47. The third-order valence-corrected chi connectivity index (χ3v) is 2.55. The van der Waals surface area contributed by atoms with Gasteiger partial charge >= 0.3 is 0 Å². The van der Waals surface area contributed by atoms with Gasteiger partial charge in [-0.1, -0.05) is 22.9 Å². The Morgan fingerprint density at radius 2 is 2.29 bits per heavy atom. The van der Waals surface area contributed by atoms with E-state index in [0.717, 1.165) is 31.4 Å². The molecule has 0 spiro atoms. The van der Waals surface area contributed by atoms with Crippen LogP contribution in [0, 0.1) is 0 Å². The highest BCUT2D eigenvalue weighted by Crippen LogP contribution is 2.05. The van der Waals surface area contributed by atoms with Gasteiger partial charge in [-0.3, -0.25) is 4.68 Å². The van der Waals surface area contributed by atoms with Crippen molar-refractivity contribution >= 4 is 15.9 Å². The molecule has 1 aromatic heterocycles. The van der Waals surface area contributed by atoms with Crippen LogP contribution in [-0.4, -0.2) is 21.7 Å². The van der Waals surface area contributed by atoms with E-state index in [1.54, 1.807) is 0 Å². The minimum absolute atomic E-state index is 0.909. The standard InChI is InChI=1S/C10H18BrN3/c1-3-9-7-10(8-12-6-5-11)14(4-2)13-9/h7,12H,3-6,8H2,1-2H3. The summed E-state index contributed by atoms with van der Waals surface area (Å²) in [6, 6.07) is 2.19. The maximum Gasteiger partial charge on any atom is 0.0625 e. The van der Waals surface area contributed by atoms with Gasteiger partial charge in [-0.05, 0) is 19.4 Å². The molecule has 0 fully saturated rings. The maximum atomic E-state index is 4.49. The van der Waals surface area contributed by atoms with E-state index in [2.05, 4.69) is 50.9 Å². The second kappa shape index (κ2) is 6.19. The molecule has 0 aliphatic heterocycles. The zero-order valence-corrected chi connectivity index (χ0v) is 10.5. The van der Waals surface area contributed by atoms with Crippen molar-refractivity contribution in [3.05, 3.63) is 17.5 Å². The van der Waals surface area contributed by atoms with Crippen molar-refractivity contribution in [2.45, 2.75) is 33.4 Å². The highest BCUT2D eigenvalue weighted by atomic mass is 79.9. The Morgan fingerprint density at radius 3 is 2.86 bits per heavy atom. The molecule has 0 unspecified atom stereocenters. The molecule has 0 atom stereocenters. The van der Waals surface area contributed by atoms with E-state index in [1.807, 2.05) is 0 Å². The molecular formula is C10H18BrN3. The minimum Gasteiger partial charge on any atom is -0.310 e. The summed E-state index contributed by atoms with van der Waals surface area (Å²) < 4.78 is 2.07. The number of hydrogen-bond donors (Lipinski definition) is 1. The Kier molecular flexibility index (Phi) is 5.19. The minimum atomic E-state index is 0.909. The van der Waals surface area contributed by atoms with Gasteiger partial charge in [-0.15, -0.1) is 0 Å². The normalized spacial score (nSPS) is 10.8. The lowest BCUT2D eigenvalue weighted by atomic mass is 10.3. The van der Waals surface area contributed by atoms with Crippen molar-refractivity contribution in [1.29, 1.82) is 0 Å². The van der Waals surface area contributed by atoms with Crippen LogP contribution in [0.4, 0.5) is 0 Å². The van der Waals surface area contributed by atoms with Crippen LogP contribution in [-0.2, 0) is 19.5 Å². The first kappa shape index (κ1) is 11.7. The van der Waals surface area contributed by atoms with Crippen molar-refractivity contribution in [3.63, 3.8) is 0 Å². The molecule has 0 saturated heterocycles. The molecule has 1 N–H and O–H groups in total. The van der Waals surface area contributed by atoms with E-state index in [9.17, 15) is 0 Å². The van der Waals surface area contributed by atoms with Gasteiger partial charge in [0.15, 0.2) is 0 Å². The SMILES string of the molecule is CCc1cc(CNCCBr)n(CC)n1. The van der Waals surface area contributed by atoms with Gasteiger partial charge in [-0.2, -0.15) is 5.10 Å². The predicted octanol–water partition coefficient (Wildman–Crippen LogP) is 1.95. The summed E-state index contributed by atoms with van der Waals surface area (Å²) in [6.45, 7) is 7.12. The first-order valence-electron chi connectivity index (χ1n) is 5.14.